The van der Waals surface area contributed by atoms with Crippen molar-refractivity contribution in [2.45, 2.75) is 19.8 Å². The van der Waals surface area contributed by atoms with Crippen LogP contribution < -0.4 is 0 Å². The summed E-state index contributed by atoms with van der Waals surface area (Å²) in [4.78, 5) is 10.7. The third kappa shape index (κ3) is 3.24. The van der Waals surface area contributed by atoms with Gasteiger partial charge in [0.1, 0.15) is 0 Å². The number of rotatable bonds is 3. The number of hydrogen-bond donors (Lipinski definition) is 0. The lowest BCUT2D eigenvalue weighted by atomic mass is 10.0. The number of hydrogen-bond acceptors (Lipinski definition) is 1. The largest absolute Gasteiger partial charge is 0.295 e. The molecule has 0 saturated heterocycles. The molecule has 13 heavy (non-hydrogen) atoms. The zero-order chi connectivity index (χ0) is 9.68. The molecule has 0 radical (unpaired) electrons. The summed E-state index contributed by atoms with van der Waals surface area (Å²) in [7, 11) is 0. The fourth-order valence-electron chi connectivity index (χ4n) is 1.15. The summed E-state index contributed by atoms with van der Waals surface area (Å²) in [6, 6.07) is 10.1. The molecule has 1 atom stereocenters. The van der Waals surface area contributed by atoms with Gasteiger partial charge in [0, 0.05) is 0 Å². The SMILES string of the molecule is CC(=O)/C=C\[C@H](C)c1ccccc1. The van der Waals surface area contributed by atoms with Crippen LogP contribution in [0.15, 0.2) is 42.5 Å². The lowest BCUT2D eigenvalue weighted by Crippen LogP contribution is -1.89. The van der Waals surface area contributed by atoms with Crippen LogP contribution in [0.25, 0.3) is 0 Å². The number of allylic oxidation sites excluding steroid dienone is 2. The first kappa shape index (κ1) is 9.72. The number of carbonyl (C=O) groups excluding carboxylic acids is 1. The van der Waals surface area contributed by atoms with E-state index in [1.54, 1.807) is 13.0 Å². The van der Waals surface area contributed by atoms with Gasteiger partial charge in [0.05, 0.1) is 0 Å². The highest BCUT2D eigenvalue weighted by molar-refractivity contribution is 5.87. The highest BCUT2D eigenvalue weighted by Crippen LogP contribution is 2.15. The molecule has 0 heterocycles. The van der Waals surface area contributed by atoms with Crippen molar-refractivity contribution < 1.29 is 4.79 Å². The molecule has 1 rings (SSSR count). The minimum atomic E-state index is 0.0998. The number of carbonyl (C=O) groups is 1. The average molecular weight is 174 g/mol. The molecule has 0 aliphatic heterocycles. The Morgan fingerprint density at radius 2 is 1.92 bits per heavy atom. The van der Waals surface area contributed by atoms with E-state index in [0.717, 1.165) is 0 Å². The zero-order valence-electron chi connectivity index (χ0n) is 8.03. The smallest absolute Gasteiger partial charge is 0.152 e. The van der Waals surface area contributed by atoms with Gasteiger partial charge in [0.2, 0.25) is 0 Å². The van der Waals surface area contributed by atoms with E-state index in [1.165, 1.54) is 5.56 Å². The van der Waals surface area contributed by atoms with Crippen molar-refractivity contribution in [3.8, 4) is 0 Å². The summed E-state index contributed by atoms with van der Waals surface area (Å²) in [5.74, 6) is 0.410. The highest BCUT2D eigenvalue weighted by atomic mass is 16.1. The van der Waals surface area contributed by atoms with Gasteiger partial charge in [-0.1, -0.05) is 43.3 Å². The molecule has 1 heteroatoms. The standard InChI is InChI=1S/C12H14O/c1-10(8-9-11(2)13)12-6-4-3-5-7-12/h3-10H,1-2H3/b9-8-/t10-/m0/s1. The molecule has 0 saturated carbocycles. The Bertz CT molecular complexity index is 298. The Hall–Kier alpha value is -1.37. The maximum atomic E-state index is 10.7. The fraction of sp³-hybridized carbons (Fsp3) is 0.250. The van der Waals surface area contributed by atoms with Crippen LogP contribution in [-0.2, 0) is 4.79 Å². The van der Waals surface area contributed by atoms with Crippen LogP contribution in [0.2, 0.25) is 0 Å². The van der Waals surface area contributed by atoms with Crippen LogP contribution in [0.3, 0.4) is 0 Å². The summed E-state index contributed by atoms with van der Waals surface area (Å²) in [6.07, 6.45) is 3.55. The van der Waals surface area contributed by atoms with Crippen LogP contribution in [0.5, 0.6) is 0 Å². The van der Waals surface area contributed by atoms with E-state index < -0.39 is 0 Å². The van der Waals surface area contributed by atoms with E-state index in [0.29, 0.717) is 5.92 Å². The van der Waals surface area contributed by atoms with Gasteiger partial charge in [-0.3, -0.25) is 4.79 Å². The van der Waals surface area contributed by atoms with E-state index in [9.17, 15) is 4.79 Å². The maximum Gasteiger partial charge on any atom is 0.152 e. The molecule has 0 aliphatic carbocycles. The second-order valence-corrected chi connectivity index (χ2v) is 3.17. The minimum Gasteiger partial charge on any atom is -0.295 e. The molecule has 68 valence electrons. The van der Waals surface area contributed by atoms with Crippen LogP contribution >= 0.6 is 0 Å². The first-order valence-electron chi connectivity index (χ1n) is 4.44. The molecule has 0 unspecified atom stereocenters. The molecular formula is C12H14O. The van der Waals surface area contributed by atoms with Crippen LogP contribution in [0.1, 0.15) is 25.3 Å². The number of benzene rings is 1. The Balaban J connectivity index is 2.69. The van der Waals surface area contributed by atoms with Crippen LogP contribution in [-0.4, -0.2) is 5.78 Å². The van der Waals surface area contributed by atoms with E-state index in [4.69, 9.17) is 0 Å². The van der Waals surface area contributed by atoms with Gasteiger partial charge in [0.15, 0.2) is 5.78 Å². The molecule has 0 aliphatic rings. The summed E-state index contributed by atoms with van der Waals surface area (Å²) in [5.41, 5.74) is 1.24. The predicted octanol–water partition coefficient (Wildman–Crippen LogP) is 2.94. The van der Waals surface area contributed by atoms with Gasteiger partial charge in [-0.15, -0.1) is 0 Å². The monoisotopic (exact) mass is 174 g/mol. The molecule has 1 aromatic carbocycles. The molecule has 1 aromatic rings. The normalized spacial score (nSPS) is 13.1. The van der Waals surface area contributed by atoms with Crippen molar-refractivity contribution in [1.82, 2.24) is 0 Å². The van der Waals surface area contributed by atoms with Gasteiger partial charge in [-0.05, 0) is 24.5 Å². The van der Waals surface area contributed by atoms with E-state index in [2.05, 4.69) is 19.1 Å². The van der Waals surface area contributed by atoms with Crippen molar-refractivity contribution in [3.63, 3.8) is 0 Å². The van der Waals surface area contributed by atoms with Crippen LogP contribution in [0.4, 0.5) is 0 Å². The van der Waals surface area contributed by atoms with Crippen molar-refractivity contribution in [3.05, 3.63) is 48.0 Å². The van der Waals surface area contributed by atoms with Crippen molar-refractivity contribution >= 4 is 5.78 Å². The van der Waals surface area contributed by atoms with Gasteiger partial charge < -0.3 is 0 Å². The topological polar surface area (TPSA) is 17.1 Å². The fourth-order valence-corrected chi connectivity index (χ4v) is 1.15. The van der Waals surface area contributed by atoms with Gasteiger partial charge in [-0.25, -0.2) is 0 Å². The molecule has 0 amide bonds. The van der Waals surface area contributed by atoms with E-state index in [-0.39, 0.29) is 5.78 Å². The molecule has 0 bridgehead atoms. The lowest BCUT2D eigenvalue weighted by Gasteiger charge is -2.04. The van der Waals surface area contributed by atoms with E-state index >= 15 is 0 Å². The Kier molecular flexibility index (Phi) is 3.44. The van der Waals surface area contributed by atoms with Crippen molar-refractivity contribution in [1.29, 1.82) is 0 Å². The summed E-state index contributed by atoms with van der Waals surface area (Å²) in [6.45, 7) is 3.64. The summed E-state index contributed by atoms with van der Waals surface area (Å²) < 4.78 is 0. The highest BCUT2D eigenvalue weighted by Gasteiger charge is 1.98. The van der Waals surface area contributed by atoms with Crippen molar-refractivity contribution in [2.75, 3.05) is 0 Å². The Morgan fingerprint density at radius 1 is 1.31 bits per heavy atom. The van der Waals surface area contributed by atoms with Gasteiger partial charge in [0.25, 0.3) is 0 Å². The van der Waals surface area contributed by atoms with E-state index in [1.807, 2.05) is 24.3 Å². The Labute approximate surface area is 79.1 Å². The number of ketones is 1. The van der Waals surface area contributed by atoms with Gasteiger partial charge in [-0.2, -0.15) is 0 Å². The average Bonchev–Trinajstić information content (AvgIpc) is 2.15. The van der Waals surface area contributed by atoms with Gasteiger partial charge >= 0.3 is 0 Å². The molecule has 0 aromatic heterocycles. The minimum absolute atomic E-state index is 0.0998. The quantitative estimate of drug-likeness (QED) is 0.644. The first-order valence-corrected chi connectivity index (χ1v) is 4.44. The lowest BCUT2D eigenvalue weighted by molar-refractivity contribution is -0.112. The first-order chi connectivity index (χ1) is 6.20. The van der Waals surface area contributed by atoms with Crippen molar-refractivity contribution in [2.24, 2.45) is 0 Å². The molecule has 0 spiro atoms. The predicted molar refractivity (Wildman–Crippen MR) is 54.7 cm³/mol. The third-order valence-electron chi connectivity index (χ3n) is 1.94. The molecule has 0 fully saturated rings. The molecule has 0 N–H and O–H groups in total. The second kappa shape index (κ2) is 4.61. The zero-order valence-corrected chi connectivity index (χ0v) is 8.03. The third-order valence-corrected chi connectivity index (χ3v) is 1.94. The second-order valence-electron chi connectivity index (χ2n) is 3.17. The summed E-state index contributed by atoms with van der Waals surface area (Å²) >= 11 is 0. The molecular weight excluding hydrogens is 160 g/mol. The summed E-state index contributed by atoms with van der Waals surface area (Å²) in [5, 5.41) is 0. The van der Waals surface area contributed by atoms with Crippen LogP contribution in [0, 0.1) is 0 Å². The maximum absolute atomic E-state index is 10.7. The Morgan fingerprint density at radius 3 is 2.46 bits per heavy atom. The molecule has 1 nitrogen and oxygen atoms in total.